The molecule has 0 radical (unpaired) electrons. The smallest absolute Gasteiger partial charge is 0.352 e. The molecule has 1 aromatic heterocycles. The van der Waals surface area contributed by atoms with Crippen molar-refractivity contribution in [2.45, 2.75) is 0 Å². The third-order valence-corrected chi connectivity index (χ3v) is 2.07. The van der Waals surface area contributed by atoms with Crippen molar-refractivity contribution in [2.24, 2.45) is 7.05 Å². The topological polar surface area (TPSA) is 63.5 Å². The molecule has 0 bridgehead atoms. The Morgan fingerprint density at radius 1 is 1.77 bits per heavy atom. The molecule has 0 aliphatic carbocycles. The van der Waals surface area contributed by atoms with Crippen LogP contribution in [0.1, 0.15) is 10.5 Å². The second-order valence-corrected chi connectivity index (χ2v) is 2.88. The molecular formula is C8H10N2O3. The number of carboxylic acids is 1. The molecular weight excluding hydrogens is 172 g/mol. The number of carbonyl (C=O) groups is 1. The van der Waals surface area contributed by atoms with Gasteiger partial charge in [0.25, 0.3) is 0 Å². The zero-order chi connectivity index (χ0) is 9.42. The summed E-state index contributed by atoms with van der Waals surface area (Å²) in [4.78, 5) is 10.7. The maximum Gasteiger partial charge on any atom is 0.352 e. The largest absolute Gasteiger partial charge is 0.488 e. The first-order valence-corrected chi connectivity index (χ1v) is 4.00. The number of anilines is 1. The van der Waals surface area contributed by atoms with Crippen LogP contribution < -0.4 is 10.1 Å². The fraction of sp³-hybridized carbons (Fsp3) is 0.375. The highest BCUT2D eigenvalue weighted by atomic mass is 16.5. The molecule has 1 aliphatic heterocycles. The van der Waals surface area contributed by atoms with Crippen LogP contribution in [0.2, 0.25) is 0 Å². The van der Waals surface area contributed by atoms with E-state index in [9.17, 15) is 4.79 Å². The van der Waals surface area contributed by atoms with Crippen molar-refractivity contribution >= 4 is 11.8 Å². The lowest BCUT2D eigenvalue weighted by atomic mass is 10.4. The van der Waals surface area contributed by atoms with Gasteiger partial charge in [-0.1, -0.05) is 0 Å². The molecule has 0 amide bonds. The normalized spacial score (nSPS) is 14.2. The number of nitrogens with zero attached hydrogens (tertiary/aromatic N) is 1. The number of rotatable bonds is 1. The SMILES string of the molecule is Cn1c(C(=O)O)cc2c1NCCO2. The first-order chi connectivity index (χ1) is 6.20. The third-order valence-electron chi connectivity index (χ3n) is 2.07. The molecule has 5 nitrogen and oxygen atoms in total. The van der Waals surface area contributed by atoms with Gasteiger partial charge in [0, 0.05) is 13.1 Å². The van der Waals surface area contributed by atoms with Crippen LogP contribution in [0.5, 0.6) is 5.75 Å². The van der Waals surface area contributed by atoms with Gasteiger partial charge in [-0.05, 0) is 0 Å². The van der Waals surface area contributed by atoms with Crippen molar-refractivity contribution in [3.8, 4) is 5.75 Å². The summed E-state index contributed by atoms with van der Waals surface area (Å²) in [5.41, 5.74) is 0.236. The number of carboxylic acid groups (broad SMARTS) is 1. The van der Waals surface area contributed by atoms with Crippen molar-refractivity contribution in [1.29, 1.82) is 0 Å². The summed E-state index contributed by atoms with van der Waals surface area (Å²) in [6.45, 7) is 1.29. The van der Waals surface area contributed by atoms with Crippen LogP contribution in [0.4, 0.5) is 5.82 Å². The monoisotopic (exact) mass is 182 g/mol. The molecule has 0 spiro atoms. The lowest BCUT2D eigenvalue weighted by Crippen LogP contribution is -2.19. The Labute approximate surface area is 74.9 Å². The second kappa shape index (κ2) is 2.69. The summed E-state index contributed by atoms with van der Waals surface area (Å²) in [7, 11) is 1.70. The van der Waals surface area contributed by atoms with E-state index in [1.165, 1.54) is 6.07 Å². The molecule has 0 aromatic carbocycles. The molecule has 13 heavy (non-hydrogen) atoms. The second-order valence-electron chi connectivity index (χ2n) is 2.88. The van der Waals surface area contributed by atoms with E-state index in [1.54, 1.807) is 11.6 Å². The number of ether oxygens (including phenoxy) is 1. The van der Waals surface area contributed by atoms with E-state index in [2.05, 4.69) is 5.32 Å². The fourth-order valence-electron chi connectivity index (χ4n) is 1.43. The zero-order valence-corrected chi connectivity index (χ0v) is 7.20. The van der Waals surface area contributed by atoms with E-state index in [4.69, 9.17) is 9.84 Å². The summed E-state index contributed by atoms with van der Waals surface area (Å²) in [6.07, 6.45) is 0. The third kappa shape index (κ3) is 1.12. The van der Waals surface area contributed by atoms with Crippen molar-refractivity contribution in [3.63, 3.8) is 0 Å². The van der Waals surface area contributed by atoms with Gasteiger partial charge in [0.1, 0.15) is 18.1 Å². The molecule has 0 fully saturated rings. The van der Waals surface area contributed by atoms with Crippen LogP contribution in [-0.4, -0.2) is 28.8 Å². The van der Waals surface area contributed by atoms with E-state index in [0.29, 0.717) is 18.9 Å². The minimum atomic E-state index is -0.942. The van der Waals surface area contributed by atoms with E-state index in [-0.39, 0.29) is 5.69 Å². The van der Waals surface area contributed by atoms with Gasteiger partial charge in [-0.2, -0.15) is 0 Å². The van der Waals surface area contributed by atoms with E-state index in [0.717, 1.165) is 5.82 Å². The average molecular weight is 182 g/mol. The number of nitrogens with one attached hydrogen (secondary N) is 1. The zero-order valence-electron chi connectivity index (χ0n) is 7.20. The molecule has 0 unspecified atom stereocenters. The minimum Gasteiger partial charge on any atom is -0.488 e. The molecule has 5 heteroatoms. The molecule has 0 saturated heterocycles. The van der Waals surface area contributed by atoms with Gasteiger partial charge in [-0.25, -0.2) is 4.79 Å². The lowest BCUT2D eigenvalue weighted by Gasteiger charge is -2.16. The molecule has 1 aliphatic rings. The number of aromatic carboxylic acids is 1. The quantitative estimate of drug-likeness (QED) is 0.664. The molecule has 70 valence electrons. The van der Waals surface area contributed by atoms with Crippen LogP contribution in [0.25, 0.3) is 0 Å². The van der Waals surface area contributed by atoms with E-state index in [1.807, 2.05) is 0 Å². The number of aromatic nitrogens is 1. The van der Waals surface area contributed by atoms with Crippen molar-refractivity contribution in [1.82, 2.24) is 4.57 Å². The summed E-state index contributed by atoms with van der Waals surface area (Å²) >= 11 is 0. The molecule has 0 atom stereocenters. The maximum atomic E-state index is 10.7. The van der Waals surface area contributed by atoms with Crippen molar-refractivity contribution in [3.05, 3.63) is 11.8 Å². The highest BCUT2D eigenvalue weighted by molar-refractivity contribution is 5.88. The summed E-state index contributed by atoms with van der Waals surface area (Å²) < 4.78 is 6.87. The molecule has 2 heterocycles. The highest BCUT2D eigenvalue weighted by Gasteiger charge is 2.20. The first kappa shape index (κ1) is 7.97. The van der Waals surface area contributed by atoms with Gasteiger partial charge >= 0.3 is 5.97 Å². The van der Waals surface area contributed by atoms with Gasteiger partial charge in [0.2, 0.25) is 0 Å². The minimum absolute atomic E-state index is 0.236. The molecule has 2 rings (SSSR count). The van der Waals surface area contributed by atoms with Gasteiger partial charge < -0.3 is 19.7 Å². The molecule has 0 saturated carbocycles. The summed E-state index contributed by atoms with van der Waals surface area (Å²) in [6, 6.07) is 1.53. The van der Waals surface area contributed by atoms with E-state index >= 15 is 0 Å². The van der Waals surface area contributed by atoms with Crippen LogP contribution in [0.3, 0.4) is 0 Å². The van der Waals surface area contributed by atoms with Gasteiger partial charge in [0.15, 0.2) is 5.75 Å². The fourth-order valence-corrected chi connectivity index (χ4v) is 1.43. The number of hydrogen-bond acceptors (Lipinski definition) is 3. The Morgan fingerprint density at radius 3 is 3.15 bits per heavy atom. The van der Waals surface area contributed by atoms with Gasteiger partial charge in [-0.15, -0.1) is 0 Å². The van der Waals surface area contributed by atoms with E-state index < -0.39 is 5.97 Å². The van der Waals surface area contributed by atoms with Crippen LogP contribution >= 0.6 is 0 Å². The Bertz CT molecular complexity index is 357. The van der Waals surface area contributed by atoms with Crippen molar-refractivity contribution in [2.75, 3.05) is 18.5 Å². The van der Waals surface area contributed by atoms with Gasteiger partial charge in [0.05, 0.1) is 6.54 Å². The Kier molecular flexibility index (Phi) is 1.65. The average Bonchev–Trinajstić information content (AvgIpc) is 2.45. The lowest BCUT2D eigenvalue weighted by molar-refractivity contribution is 0.0686. The summed E-state index contributed by atoms with van der Waals surface area (Å²) in [5.74, 6) is 0.414. The summed E-state index contributed by atoms with van der Waals surface area (Å²) in [5, 5.41) is 11.9. The standard InChI is InChI=1S/C8H10N2O3/c1-10-5(8(11)12)4-6-7(10)9-2-3-13-6/h4,9H,2-3H2,1H3,(H,11,12). The number of hydrogen-bond donors (Lipinski definition) is 2. The molecule has 1 aromatic rings. The van der Waals surface area contributed by atoms with Crippen molar-refractivity contribution < 1.29 is 14.6 Å². The van der Waals surface area contributed by atoms with Crippen LogP contribution in [-0.2, 0) is 7.05 Å². The van der Waals surface area contributed by atoms with Gasteiger partial charge in [-0.3, -0.25) is 0 Å². The predicted molar refractivity (Wildman–Crippen MR) is 46.4 cm³/mol. The first-order valence-electron chi connectivity index (χ1n) is 4.00. The Balaban J connectivity index is 2.50. The Hall–Kier alpha value is -1.65. The Morgan fingerprint density at radius 2 is 2.54 bits per heavy atom. The van der Waals surface area contributed by atoms with Crippen LogP contribution in [0, 0.1) is 0 Å². The maximum absolute atomic E-state index is 10.7. The number of fused-ring (bicyclic) bond motifs is 1. The molecule has 2 N–H and O–H groups in total. The van der Waals surface area contributed by atoms with Crippen LogP contribution in [0.15, 0.2) is 6.07 Å². The highest BCUT2D eigenvalue weighted by Crippen LogP contribution is 2.30. The predicted octanol–water partition coefficient (Wildman–Crippen LogP) is 0.528.